The standard InChI is InChI=1S/C9H14N2O4/c1-2-3-5-10-9(15)11-7(4-6-12)8(13)14/h1,7,12H,3-6H2,(H,13,14)(H2,10,11,15)/t7-/m0/s1. The smallest absolute Gasteiger partial charge is 0.326 e. The van der Waals surface area contributed by atoms with Gasteiger partial charge in [0.2, 0.25) is 0 Å². The van der Waals surface area contributed by atoms with Crippen LogP contribution in [-0.2, 0) is 4.79 Å². The quantitative estimate of drug-likeness (QED) is 0.341. The molecule has 15 heavy (non-hydrogen) atoms. The number of carboxylic acid groups (broad SMARTS) is 1. The number of carbonyl (C=O) groups excluding carboxylic acids is 1. The first-order valence-electron chi connectivity index (χ1n) is 4.43. The van der Waals surface area contributed by atoms with Crippen molar-refractivity contribution in [3.63, 3.8) is 0 Å². The third-order valence-corrected chi connectivity index (χ3v) is 1.58. The van der Waals surface area contributed by atoms with Crippen LogP contribution in [-0.4, -0.2) is 41.4 Å². The Hall–Kier alpha value is -1.74. The van der Waals surface area contributed by atoms with Crippen molar-refractivity contribution in [3.8, 4) is 12.3 Å². The van der Waals surface area contributed by atoms with Gasteiger partial charge in [-0.3, -0.25) is 0 Å². The molecular weight excluding hydrogens is 200 g/mol. The molecule has 0 aromatic heterocycles. The summed E-state index contributed by atoms with van der Waals surface area (Å²) in [4.78, 5) is 21.6. The van der Waals surface area contributed by atoms with Gasteiger partial charge in [0.05, 0.1) is 0 Å². The number of carbonyl (C=O) groups is 2. The number of aliphatic carboxylic acids is 1. The highest BCUT2D eigenvalue weighted by atomic mass is 16.4. The summed E-state index contributed by atoms with van der Waals surface area (Å²) in [6, 6.07) is -1.69. The molecule has 0 radical (unpaired) electrons. The van der Waals surface area contributed by atoms with Crippen LogP contribution in [0.1, 0.15) is 12.8 Å². The number of nitrogens with one attached hydrogen (secondary N) is 2. The molecule has 0 aromatic carbocycles. The summed E-state index contributed by atoms with van der Waals surface area (Å²) in [5, 5.41) is 21.8. The summed E-state index contributed by atoms with van der Waals surface area (Å²) in [6.07, 6.45) is 5.31. The van der Waals surface area contributed by atoms with Crippen molar-refractivity contribution < 1.29 is 19.8 Å². The van der Waals surface area contributed by atoms with E-state index in [1.165, 1.54) is 0 Å². The Bertz CT molecular complexity index is 259. The topological polar surface area (TPSA) is 98.7 Å². The van der Waals surface area contributed by atoms with Crippen molar-refractivity contribution in [1.29, 1.82) is 0 Å². The molecule has 0 unspecified atom stereocenters. The van der Waals surface area contributed by atoms with Crippen molar-refractivity contribution in [1.82, 2.24) is 10.6 Å². The summed E-state index contributed by atoms with van der Waals surface area (Å²) < 4.78 is 0. The van der Waals surface area contributed by atoms with Crippen molar-refractivity contribution >= 4 is 12.0 Å². The number of aliphatic hydroxyl groups is 1. The van der Waals surface area contributed by atoms with E-state index in [1.54, 1.807) is 0 Å². The number of hydrogen-bond donors (Lipinski definition) is 4. The predicted octanol–water partition coefficient (Wildman–Crippen LogP) is -0.855. The minimum Gasteiger partial charge on any atom is -0.480 e. The summed E-state index contributed by atoms with van der Waals surface area (Å²) in [5.41, 5.74) is 0. The molecule has 0 saturated heterocycles. The molecule has 0 rings (SSSR count). The third kappa shape index (κ3) is 6.35. The number of terminal acetylenes is 1. The molecule has 6 nitrogen and oxygen atoms in total. The molecule has 2 amide bonds. The molecule has 0 aliphatic rings. The Balaban J connectivity index is 3.90. The van der Waals surface area contributed by atoms with Gasteiger partial charge < -0.3 is 20.8 Å². The van der Waals surface area contributed by atoms with E-state index in [9.17, 15) is 9.59 Å². The first-order valence-corrected chi connectivity index (χ1v) is 4.43. The fourth-order valence-corrected chi connectivity index (χ4v) is 0.844. The Morgan fingerprint density at radius 2 is 2.13 bits per heavy atom. The Kier molecular flexibility index (Phi) is 6.76. The van der Waals surface area contributed by atoms with Crippen LogP contribution in [0.25, 0.3) is 0 Å². The number of aliphatic hydroxyl groups excluding tert-OH is 1. The van der Waals surface area contributed by atoms with Crippen LogP contribution in [0.4, 0.5) is 4.79 Å². The minimum absolute atomic E-state index is 0.0299. The molecule has 84 valence electrons. The lowest BCUT2D eigenvalue weighted by Gasteiger charge is -2.13. The van der Waals surface area contributed by atoms with Crippen LogP contribution in [0, 0.1) is 12.3 Å². The summed E-state index contributed by atoms with van der Waals surface area (Å²) in [6.45, 7) is -0.0185. The molecule has 0 bridgehead atoms. The zero-order valence-corrected chi connectivity index (χ0v) is 8.19. The van der Waals surface area contributed by atoms with Gasteiger partial charge in [-0.15, -0.1) is 12.3 Å². The Labute approximate surface area is 87.7 Å². The van der Waals surface area contributed by atoms with Gasteiger partial charge in [-0.1, -0.05) is 0 Å². The molecule has 0 spiro atoms. The SMILES string of the molecule is C#CCCNC(=O)N[C@@H](CCO)C(=O)O. The van der Waals surface area contributed by atoms with E-state index in [0.717, 1.165) is 0 Å². The van der Waals surface area contributed by atoms with Crippen LogP contribution >= 0.6 is 0 Å². The van der Waals surface area contributed by atoms with Crippen LogP contribution < -0.4 is 10.6 Å². The van der Waals surface area contributed by atoms with Crippen molar-refractivity contribution in [3.05, 3.63) is 0 Å². The second-order valence-corrected chi connectivity index (χ2v) is 2.76. The second kappa shape index (κ2) is 7.64. The molecule has 0 saturated carbocycles. The van der Waals surface area contributed by atoms with Gasteiger partial charge in [0.25, 0.3) is 0 Å². The van der Waals surface area contributed by atoms with Crippen LogP contribution in [0.2, 0.25) is 0 Å². The lowest BCUT2D eigenvalue weighted by molar-refractivity contribution is -0.139. The molecule has 1 atom stereocenters. The van der Waals surface area contributed by atoms with E-state index in [4.69, 9.17) is 16.6 Å². The van der Waals surface area contributed by atoms with Crippen LogP contribution in [0.3, 0.4) is 0 Å². The largest absolute Gasteiger partial charge is 0.480 e. The van der Waals surface area contributed by atoms with Gasteiger partial charge in [-0.25, -0.2) is 9.59 Å². The highest BCUT2D eigenvalue weighted by molar-refractivity contribution is 5.82. The van der Waals surface area contributed by atoms with E-state index in [1.807, 2.05) is 0 Å². The maximum absolute atomic E-state index is 11.1. The van der Waals surface area contributed by atoms with Gasteiger partial charge in [0.15, 0.2) is 0 Å². The van der Waals surface area contributed by atoms with Crippen molar-refractivity contribution in [2.45, 2.75) is 18.9 Å². The lowest BCUT2D eigenvalue weighted by Crippen LogP contribution is -2.46. The summed E-state index contributed by atoms with van der Waals surface area (Å²) >= 11 is 0. The normalized spacial score (nSPS) is 11.2. The van der Waals surface area contributed by atoms with Crippen LogP contribution in [0.15, 0.2) is 0 Å². The van der Waals surface area contributed by atoms with E-state index in [2.05, 4.69) is 16.6 Å². The second-order valence-electron chi connectivity index (χ2n) is 2.76. The monoisotopic (exact) mass is 214 g/mol. The molecule has 0 heterocycles. The van der Waals surface area contributed by atoms with Crippen LogP contribution in [0.5, 0.6) is 0 Å². The number of rotatable bonds is 6. The molecular formula is C9H14N2O4. The molecule has 0 aliphatic carbocycles. The minimum atomic E-state index is -1.18. The average Bonchev–Trinajstić information content (AvgIpc) is 2.17. The molecule has 4 N–H and O–H groups in total. The fourth-order valence-electron chi connectivity index (χ4n) is 0.844. The zero-order valence-electron chi connectivity index (χ0n) is 8.19. The highest BCUT2D eigenvalue weighted by Crippen LogP contribution is 1.90. The van der Waals surface area contributed by atoms with Gasteiger partial charge in [-0.05, 0) is 0 Å². The van der Waals surface area contributed by atoms with Gasteiger partial charge >= 0.3 is 12.0 Å². The lowest BCUT2D eigenvalue weighted by atomic mass is 10.2. The van der Waals surface area contributed by atoms with Gasteiger partial charge in [0, 0.05) is 26.0 Å². The maximum atomic E-state index is 11.1. The molecule has 0 aromatic rings. The zero-order chi connectivity index (χ0) is 11.7. The first kappa shape index (κ1) is 13.3. The molecule has 0 aliphatic heterocycles. The fraction of sp³-hybridized carbons (Fsp3) is 0.556. The van der Waals surface area contributed by atoms with Crippen molar-refractivity contribution in [2.24, 2.45) is 0 Å². The first-order chi connectivity index (χ1) is 7.11. The number of hydrogen-bond acceptors (Lipinski definition) is 3. The van der Waals surface area contributed by atoms with E-state index in [0.29, 0.717) is 6.42 Å². The summed E-state index contributed by atoms with van der Waals surface area (Å²) in [7, 11) is 0. The summed E-state index contributed by atoms with van der Waals surface area (Å²) in [5.74, 6) is 1.14. The van der Waals surface area contributed by atoms with Gasteiger partial charge in [-0.2, -0.15) is 0 Å². The van der Waals surface area contributed by atoms with Crippen molar-refractivity contribution in [2.75, 3.05) is 13.2 Å². The molecule has 6 heteroatoms. The van der Waals surface area contributed by atoms with E-state index in [-0.39, 0.29) is 19.6 Å². The van der Waals surface area contributed by atoms with E-state index >= 15 is 0 Å². The highest BCUT2D eigenvalue weighted by Gasteiger charge is 2.18. The maximum Gasteiger partial charge on any atom is 0.326 e. The Morgan fingerprint density at radius 1 is 1.47 bits per heavy atom. The molecule has 0 fully saturated rings. The van der Waals surface area contributed by atoms with E-state index < -0.39 is 18.0 Å². The van der Waals surface area contributed by atoms with Gasteiger partial charge in [0.1, 0.15) is 6.04 Å². The number of urea groups is 1. The Morgan fingerprint density at radius 3 is 2.60 bits per heavy atom. The number of carboxylic acids is 1. The average molecular weight is 214 g/mol. The predicted molar refractivity (Wildman–Crippen MR) is 53.1 cm³/mol. The third-order valence-electron chi connectivity index (χ3n) is 1.58. The number of amides is 2.